The van der Waals surface area contributed by atoms with E-state index in [4.69, 9.17) is 4.74 Å². The first kappa shape index (κ1) is 20.0. The first-order chi connectivity index (χ1) is 13.7. The summed E-state index contributed by atoms with van der Waals surface area (Å²) in [5.41, 5.74) is -0.976. The van der Waals surface area contributed by atoms with Crippen LogP contribution in [-0.4, -0.2) is 59.1 Å². The Morgan fingerprint density at radius 1 is 1.17 bits per heavy atom. The lowest BCUT2D eigenvalue weighted by Crippen LogP contribution is -2.43. The highest BCUT2D eigenvalue weighted by Gasteiger charge is 2.49. The molecule has 0 amide bonds. The molecule has 2 aliphatic rings. The molecule has 11 heteroatoms. The van der Waals surface area contributed by atoms with Crippen LogP contribution in [0.3, 0.4) is 0 Å². The van der Waals surface area contributed by atoms with Gasteiger partial charge in [0.05, 0.1) is 10.9 Å². The number of benzene rings is 1. The van der Waals surface area contributed by atoms with Crippen LogP contribution in [0.1, 0.15) is 19.3 Å². The van der Waals surface area contributed by atoms with Gasteiger partial charge in [-0.3, -0.25) is 4.90 Å². The molecule has 3 heterocycles. The van der Waals surface area contributed by atoms with Gasteiger partial charge in [-0.2, -0.15) is 23.1 Å². The first-order valence-electron chi connectivity index (χ1n) is 9.03. The Morgan fingerprint density at radius 2 is 1.97 bits per heavy atom. The first-order valence-corrected chi connectivity index (χ1v) is 9.03. The van der Waals surface area contributed by atoms with Gasteiger partial charge < -0.3 is 9.47 Å². The average Bonchev–Trinajstić information content (AvgIpc) is 3.13. The molecular weight excluding hydrogens is 404 g/mol. The molecule has 0 N–H and O–H groups in total. The maximum Gasteiger partial charge on any atom is 0.422 e. The van der Waals surface area contributed by atoms with Crippen LogP contribution in [0, 0.1) is 11.6 Å². The van der Waals surface area contributed by atoms with Crippen molar-refractivity contribution in [3.05, 3.63) is 23.8 Å². The lowest BCUT2D eigenvalue weighted by molar-refractivity contribution is -0.153. The normalized spacial score (nSPS) is 24.8. The molecule has 4 rings (SSSR count). The Morgan fingerprint density at radius 3 is 2.72 bits per heavy atom. The van der Waals surface area contributed by atoms with Gasteiger partial charge in [-0.25, -0.2) is 13.2 Å². The number of nitrogens with zero attached hydrogens (tertiary/aromatic N) is 3. The van der Waals surface area contributed by atoms with Gasteiger partial charge in [-0.05, 0) is 25.5 Å². The van der Waals surface area contributed by atoms with E-state index in [0.29, 0.717) is 12.5 Å². The van der Waals surface area contributed by atoms with Gasteiger partial charge in [0.15, 0.2) is 12.4 Å². The molecule has 1 aromatic carbocycles. The largest absolute Gasteiger partial charge is 0.467 e. The second kappa shape index (κ2) is 7.19. The Hall–Kier alpha value is -2.30. The van der Waals surface area contributed by atoms with E-state index in [9.17, 15) is 26.3 Å². The van der Waals surface area contributed by atoms with E-state index in [2.05, 4.69) is 14.7 Å². The van der Waals surface area contributed by atoms with E-state index in [1.807, 2.05) is 4.90 Å². The van der Waals surface area contributed by atoms with Crippen molar-refractivity contribution in [1.29, 1.82) is 0 Å². The number of rotatable bonds is 5. The van der Waals surface area contributed by atoms with Crippen LogP contribution in [0.4, 0.5) is 26.3 Å². The molecule has 2 saturated heterocycles. The highest BCUT2D eigenvalue weighted by atomic mass is 19.4. The lowest BCUT2D eigenvalue weighted by Gasteiger charge is -2.30. The van der Waals surface area contributed by atoms with Crippen LogP contribution in [0.25, 0.3) is 10.9 Å². The fourth-order valence-corrected chi connectivity index (χ4v) is 4.08. The van der Waals surface area contributed by atoms with E-state index in [-0.39, 0.29) is 25.0 Å². The second-order valence-electron chi connectivity index (χ2n) is 7.36. The highest BCUT2D eigenvalue weighted by Crippen LogP contribution is 2.40. The van der Waals surface area contributed by atoms with Crippen molar-refractivity contribution in [3.8, 4) is 11.9 Å². The molecule has 29 heavy (non-hydrogen) atoms. The second-order valence-corrected chi connectivity index (χ2v) is 7.36. The van der Waals surface area contributed by atoms with Crippen molar-refractivity contribution in [2.45, 2.75) is 37.1 Å². The van der Waals surface area contributed by atoms with Gasteiger partial charge in [0, 0.05) is 19.0 Å². The zero-order valence-electron chi connectivity index (χ0n) is 15.1. The third kappa shape index (κ3) is 4.05. The standard InChI is InChI=1S/C18H17F6N3O2/c19-10-4-12-14(13(21)5-10)25-16(26-15(12)28-9-18(22,23)24)29-8-17-2-1-3-27(17)7-11(20)6-17/h4-5,11H,1-3,6-9H2/t11-,17+/m1/s1. The molecule has 0 aliphatic carbocycles. The van der Waals surface area contributed by atoms with E-state index >= 15 is 0 Å². The Labute approximate surface area is 161 Å². The Balaban J connectivity index is 1.64. The summed E-state index contributed by atoms with van der Waals surface area (Å²) in [4.78, 5) is 9.61. The molecular formula is C18H17F6N3O2. The summed E-state index contributed by atoms with van der Waals surface area (Å²) in [7, 11) is 0. The molecule has 1 aromatic heterocycles. The predicted octanol–water partition coefficient (Wildman–Crippen LogP) is 3.80. The summed E-state index contributed by atoms with van der Waals surface area (Å²) in [6.45, 7) is -0.690. The minimum absolute atomic E-state index is 0.000448. The molecule has 0 saturated carbocycles. The maximum absolute atomic E-state index is 14.2. The van der Waals surface area contributed by atoms with Crippen molar-refractivity contribution in [3.63, 3.8) is 0 Å². The SMILES string of the molecule is Fc1cc(F)c2nc(OC[C@@]34CCCN3C[C@H](F)C4)nc(OCC(F)(F)F)c2c1. The zero-order chi connectivity index (χ0) is 20.8. The number of hydrogen-bond acceptors (Lipinski definition) is 5. The number of alkyl halides is 4. The van der Waals surface area contributed by atoms with Gasteiger partial charge in [-0.1, -0.05) is 0 Å². The van der Waals surface area contributed by atoms with E-state index in [1.54, 1.807) is 0 Å². The van der Waals surface area contributed by atoms with Gasteiger partial charge in [0.25, 0.3) is 0 Å². The minimum atomic E-state index is -4.67. The molecule has 5 nitrogen and oxygen atoms in total. The zero-order valence-corrected chi connectivity index (χ0v) is 15.1. The molecule has 2 aliphatic heterocycles. The van der Waals surface area contributed by atoms with Gasteiger partial charge in [-0.15, -0.1) is 0 Å². The predicted molar refractivity (Wildman–Crippen MR) is 89.6 cm³/mol. The third-order valence-electron chi connectivity index (χ3n) is 5.27. The van der Waals surface area contributed by atoms with Crippen LogP contribution in [0.2, 0.25) is 0 Å². The Bertz CT molecular complexity index is 925. The van der Waals surface area contributed by atoms with Crippen LogP contribution < -0.4 is 9.47 Å². The highest BCUT2D eigenvalue weighted by molar-refractivity contribution is 5.84. The van der Waals surface area contributed by atoms with Crippen LogP contribution in [0.15, 0.2) is 12.1 Å². The lowest BCUT2D eigenvalue weighted by atomic mass is 9.95. The summed E-state index contributed by atoms with van der Waals surface area (Å²) >= 11 is 0. The number of fused-ring (bicyclic) bond motifs is 2. The van der Waals surface area contributed by atoms with Crippen molar-refractivity contribution in [1.82, 2.24) is 14.9 Å². The van der Waals surface area contributed by atoms with E-state index < -0.39 is 53.5 Å². The molecule has 0 unspecified atom stereocenters. The fraction of sp³-hybridized carbons (Fsp3) is 0.556. The van der Waals surface area contributed by atoms with Crippen molar-refractivity contribution in [2.24, 2.45) is 0 Å². The monoisotopic (exact) mass is 421 g/mol. The summed E-state index contributed by atoms with van der Waals surface area (Å²) in [6, 6.07) is 0.925. The maximum atomic E-state index is 14.2. The minimum Gasteiger partial charge on any atom is -0.467 e. The fourth-order valence-electron chi connectivity index (χ4n) is 4.08. The third-order valence-corrected chi connectivity index (χ3v) is 5.27. The number of halogens is 6. The molecule has 0 bridgehead atoms. The molecule has 0 spiro atoms. The van der Waals surface area contributed by atoms with Crippen LogP contribution in [-0.2, 0) is 0 Å². The van der Waals surface area contributed by atoms with Crippen LogP contribution >= 0.6 is 0 Å². The number of aromatic nitrogens is 2. The van der Waals surface area contributed by atoms with Crippen molar-refractivity contribution in [2.75, 3.05) is 26.3 Å². The van der Waals surface area contributed by atoms with Crippen molar-refractivity contribution < 1.29 is 35.8 Å². The summed E-state index contributed by atoms with van der Waals surface area (Å²) in [5, 5.41) is -0.343. The average molecular weight is 421 g/mol. The van der Waals surface area contributed by atoms with Crippen molar-refractivity contribution >= 4 is 10.9 Å². The topological polar surface area (TPSA) is 47.5 Å². The summed E-state index contributed by atoms with van der Waals surface area (Å²) in [5.74, 6) is -2.74. The summed E-state index contributed by atoms with van der Waals surface area (Å²) in [6.07, 6.45) is -3.85. The van der Waals surface area contributed by atoms with Crippen LogP contribution in [0.5, 0.6) is 11.9 Å². The molecule has 158 valence electrons. The van der Waals surface area contributed by atoms with Gasteiger partial charge >= 0.3 is 12.2 Å². The van der Waals surface area contributed by atoms with E-state index in [0.717, 1.165) is 19.0 Å². The number of ether oxygens (including phenoxy) is 2. The molecule has 2 aromatic rings. The molecule has 2 fully saturated rings. The Kier molecular flexibility index (Phi) is 4.96. The summed E-state index contributed by atoms with van der Waals surface area (Å²) < 4.78 is 89.4. The van der Waals surface area contributed by atoms with Gasteiger partial charge in [0.1, 0.15) is 24.1 Å². The number of hydrogen-bond donors (Lipinski definition) is 0. The quantitative estimate of drug-likeness (QED) is 0.688. The smallest absolute Gasteiger partial charge is 0.422 e. The van der Waals surface area contributed by atoms with Gasteiger partial charge in [0.2, 0.25) is 5.88 Å². The molecule has 0 radical (unpaired) electrons. The molecule has 2 atom stereocenters. The van der Waals surface area contributed by atoms with E-state index in [1.165, 1.54) is 0 Å².